The molecule has 78 valence electrons. The van der Waals surface area contributed by atoms with E-state index in [-0.39, 0.29) is 0 Å². The van der Waals surface area contributed by atoms with Gasteiger partial charge in [0.05, 0.1) is 0 Å². The summed E-state index contributed by atoms with van der Waals surface area (Å²) >= 11 is 5.62. The van der Waals surface area contributed by atoms with Crippen molar-refractivity contribution in [1.82, 2.24) is 5.32 Å². The number of nitrogens with one attached hydrogen (secondary N) is 1. The van der Waals surface area contributed by atoms with Crippen LogP contribution in [0.15, 0.2) is 24.3 Å². The van der Waals surface area contributed by atoms with E-state index in [1.165, 1.54) is 0 Å². The van der Waals surface area contributed by atoms with Crippen molar-refractivity contribution in [2.24, 2.45) is 0 Å². The smallest absolute Gasteiger partial charge is 0.115 e. The van der Waals surface area contributed by atoms with Gasteiger partial charge in [0.2, 0.25) is 0 Å². The number of phenols is 1. The van der Waals surface area contributed by atoms with Crippen LogP contribution >= 0.6 is 11.6 Å². The lowest BCUT2D eigenvalue weighted by Crippen LogP contribution is -2.25. The van der Waals surface area contributed by atoms with Gasteiger partial charge in [-0.25, -0.2) is 0 Å². The second-order valence-corrected chi connectivity index (χ2v) is 3.81. The molecule has 0 aliphatic carbocycles. The lowest BCUT2D eigenvalue weighted by Gasteiger charge is -2.11. The van der Waals surface area contributed by atoms with Crippen molar-refractivity contribution in [1.29, 1.82) is 0 Å². The lowest BCUT2D eigenvalue weighted by atomic mass is 10.2. The molecule has 0 saturated heterocycles. The van der Waals surface area contributed by atoms with Crippen molar-refractivity contribution >= 4 is 11.6 Å². The van der Waals surface area contributed by atoms with E-state index in [9.17, 15) is 5.11 Å². The number of rotatable bonds is 5. The summed E-state index contributed by atoms with van der Waals surface area (Å²) < 4.78 is 0. The fraction of sp³-hybridized carbons (Fsp3) is 0.455. The molecule has 1 aromatic carbocycles. The minimum atomic E-state index is 0.314. The first kappa shape index (κ1) is 11.3. The third-order valence-corrected chi connectivity index (χ3v) is 2.33. The Balaban J connectivity index is 2.37. The summed E-state index contributed by atoms with van der Waals surface area (Å²) in [6.07, 6.45) is 0.959. The van der Waals surface area contributed by atoms with E-state index in [1.807, 2.05) is 12.1 Å². The zero-order chi connectivity index (χ0) is 10.4. The Kier molecular flexibility index (Phi) is 4.77. The van der Waals surface area contributed by atoms with Crippen molar-refractivity contribution in [3.63, 3.8) is 0 Å². The standard InChI is InChI=1S/C11H16ClNO/c1-9(5-6-12)13-8-10-3-2-4-11(14)7-10/h2-4,7,9,13-14H,5-6,8H2,1H3. The van der Waals surface area contributed by atoms with E-state index in [0.29, 0.717) is 17.7 Å². The Morgan fingerprint density at radius 1 is 1.50 bits per heavy atom. The molecule has 0 aliphatic heterocycles. The summed E-state index contributed by atoms with van der Waals surface area (Å²) in [5, 5.41) is 12.6. The SMILES string of the molecule is CC(CCCl)NCc1cccc(O)c1. The Labute approximate surface area is 89.9 Å². The van der Waals surface area contributed by atoms with Gasteiger partial charge >= 0.3 is 0 Å². The Bertz CT molecular complexity index is 278. The summed E-state index contributed by atoms with van der Waals surface area (Å²) in [5.74, 6) is 0.989. The van der Waals surface area contributed by atoms with Crippen LogP contribution in [0.5, 0.6) is 5.75 Å². The number of aromatic hydroxyl groups is 1. The van der Waals surface area contributed by atoms with Gasteiger partial charge in [-0.1, -0.05) is 12.1 Å². The molecule has 0 aromatic heterocycles. The quantitative estimate of drug-likeness (QED) is 0.737. The van der Waals surface area contributed by atoms with E-state index < -0.39 is 0 Å². The van der Waals surface area contributed by atoms with Gasteiger partial charge in [-0.05, 0) is 31.0 Å². The minimum absolute atomic E-state index is 0.314. The molecule has 0 fully saturated rings. The molecular weight excluding hydrogens is 198 g/mol. The molecule has 1 atom stereocenters. The van der Waals surface area contributed by atoms with E-state index in [2.05, 4.69) is 12.2 Å². The van der Waals surface area contributed by atoms with Crippen molar-refractivity contribution < 1.29 is 5.11 Å². The first-order valence-electron chi connectivity index (χ1n) is 4.79. The zero-order valence-electron chi connectivity index (χ0n) is 8.33. The summed E-state index contributed by atoms with van der Waals surface area (Å²) in [6.45, 7) is 2.87. The number of halogens is 1. The Hall–Kier alpha value is -0.730. The van der Waals surface area contributed by atoms with E-state index in [1.54, 1.807) is 12.1 Å². The second-order valence-electron chi connectivity index (χ2n) is 3.43. The van der Waals surface area contributed by atoms with Crippen LogP contribution in [0.25, 0.3) is 0 Å². The van der Waals surface area contributed by atoms with Crippen molar-refractivity contribution in [2.75, 3.05) is 5.88 Å². The third-order valence-electron chi connectivity index (χ3n) is 2.11. The van der Waals surface area contributed by atoms with Gasteiger partial charge in [-0.3, -0.25) is 0 Å². The van der Waals surface area contributed by atoms with Gasteiger partial charge in [0.15, 0.2) is 0 Å². The largest absolute Gasteiger partial charge is 0.508 e. The van der Waals surface area contributed by atoms with E-state index in [0.717, 1.165) is 18.5 Å². The number of phenolic OH excluding ortho intramolecular Hbond substituents is 1. The second kappa shape index (κ2) is 5.89. The Morgan fingerprint density at radius 3 is 2.93 bits per heavy atom. The molecule has 2 N–H and O–H groups in total. The van der Waals surface area contributed by atoms with Crippen LogP contribution in [0.2, 0.25) is 0 Å². The topological polar surface area (TPSA) is 32.3 Å². The Morgan fingerprint density at radius 2 is 2.29 bits per heavy atom. The van der Waals surface area contributed by atoms with E-state index in [4.69, 9.17) is 11.6 Å². The maximum Gasteiger partial charge on any atom is 0.115 e. The van der Waals surface area contributed by atoms with Gasteiger partial charge in [0, 0.05) is 18.5 Å². The molecular formula is C11H16ClNO. The van der Waals surface area contributed by atoms with Gasteiger partial charge < -0.3 is 10.4 Å². The summed E-state index contributed by atoms with van der Waals surface area (Å²) in [7, 11) is 0. The predicted molar refractivity (Wildman–Crippen MR) is 59.7 cm³/mol. The number of alkyl halides is 1. The summed E-state index contributed by atoms with van der Waals surface area (Å²) in [6, 6.07) is 7.68. The molecule has 0 heterocycles. The van der Waals surface area contributed by atoms with Crippen LogP contribution in [0.1, 0.15) is 18.9 Å². The van der Waals surface area contributed by atoms with Crippen molar-refractivity contribution in [3.05, 3.63) is 29.8 Å². The van der Waals surface area contributed by atoms with Gasteiger partial charge in [-0.2, -0.15) is 0 Å². The van der Waals surface area contributed by atoms with Crippen LogP contribution in [-0.2, 0) is 6.54 Å². The van der Waals surface area contributed by atoms with Crippen LogP contribution in [-0.4, -0.2) is 17.0 Å². The van der Waals surface area contributed by atoms with Gasteiger partial charge in [0.25, 0.3) is 0 Å². The van der Waals surface area contributed by atoms with Crippen LogP contribution in [0, 0.1) is 0 Å². The van der Waals surface area contributed by atoms with Crippen LogP contribution in [0.4, 0.5) is 0 Å². The van der Waals surface area contributed by atoms with Gasteiger partial charge in [0.1, 0.15) is 5.75 Å². The highest BCUT2D eigenvalue weighted by Crippen LogP contribution is 2.10. The molecule has 0 spiro atoms. The maximum absolute atomic E-state index is 9.23. The van der Waals surface area contributed by atoms with Crippen molar-refractivity contribution in [2.45, 2.75) is 25.9 Å². The van der Waals surface area contributed by atoms with Crippen LogP contribution < -0.4 is 5.32 Å². The number of benzene rings is 1. The highest BCUT2D eigenvalue weighted by Gasteiger charge is 2.00. The molecule has 1 unspecified atom stereocenters. The maximum atomic E-state index is 9.23. The highest BCUT2D eigenvalue weighted by atomic mass is 35.5. The molecule has 1 rings (SSSR count). The first-order valence-corrected chi connectivity index (χ1v) is 5.33. The molecule has 0 radical (unpaired) electrons. The molecule has 1 aromatic rings. The minimum Gasteiger partial charge on any atom is -0.508 e. The monoisotopic (exact) mass is 213 g/mol. The third kappa shape index (κ3) is 3.99. The van der Waals surface area contributed by atoms with Crippen molar-refractivity contribution in [3.8, 4) is 5.75 Å². The van der Waals surface area contributed by atoms with Crippen LogP contribution in [0.3, 0.4) is 0 Å². The fourth-order valence-electron chi connectivity index (χ4n) is 1.22. The molecule has 0 amide bonds. The zero-order valence-corrected chi connectivity index (χ0v) is 9.09. The van der Waals surface area contributed by atoms with Gasteiger partial charge in [-0.15, -0.1) is 11.6 Å². The number of hydrogen-bond donors (Lipinski definition) is 2. The summed E-state index contributed by atoms with van der Waals surface area (Å²) in [4.78, 5) is 0. The first-order chi connectivity index (χ1) is 6.72. The predicted octanol–water partition coefficient (Wildman–Crippen LogP) is 2.50. The number of hydrogen-bond acceptors (Lipinski definition) is 2. The highest BCUT2D eigenvalue weighted by molar-refractivity contribution is 6.17. The molecule has 2 nitrogen and oxygen atoms in total. The molecule has 14 heavy (non-hydrogen) atoms. The molecule has 0 bridgehead atoms. The lowest BCUT2D eigenvalue weighted by molar-refractivity contribution is 0.473. The summed E-state index contributed by atoms with van der Waals surface area (Å²) in [5.41, 5.74) is 1.09. The molecule has 0 saturated carbocycles. The molecule has 0 aliphatic rings. The molecule has 3 heteroatoms. The normalized spacial score (nSPS) is 12.7. The fourth-order valence-corrected chi connectivity index (χ4v) is 1.55. The average molecular weight is 214 g/mol. The average Bonchev–Trinajstić information content (AvgIpc) is 2.15. The van der Waals surface area contributed by atoms with E-state index >= 15 is 0 Å².